The third kappa shape index (κ3) is 3.39. The fourth-order valence-electron chi connectivity index (χ4n) is 4.09. The van der Waals surface area contributed by atoms with Crippen molar-refractivity contribution in [2.24, 2.45) is 0 Å². The number of piperidine rings is 1. The Hall–Kier alpha value is -2.17. The molecule has 1 saturated heterocycles. The molecule has 26 heavy (non-hydrogen) atoms. The number of benzene rings is 1. The van der Waals surface area contributed by atoms with Crippen LogP contribution in [-0.2, 0) is 0 Å². The molecule has 3 heterocycles. The van der Waals surface area contributed by atoms with Gasteiger partial charge in [0.2, 0.25) is 0 Å². The Morgan fingerprint density at radius 3 is 2.23 bits per heavy atom. The highest BCUT2D eigenvalue weighted by atomic mass is 35.5. The third-order valence-electron chi connectivity index (χ3n) is 5.13. The van der Waals surface area contributed by atoms with Crippen molar-refractivity contribution < 1.29 is 0 Å². The van der Waals surface area contributed by atoms with Crippen LogP contribution < -0.4 is 5.32 Å². The van der Waals surface area contributed by atoms with E-state index in [1.807, 2.05) is 36.7 Å². The number of hydrogen-bond acceptors (Lipinski definition) is 3. The summed E-state index contributed by atoms with van der Waals surface area (Å²) in [5.74, 6) is 0.456. The summed E-state index contributed by atoms with van der Waals surface area (Å²) in [6.07, 6.45) is 5.88. The zero-order valence-corrected chi connectivity index (χ0v) is 15.8. The van der Waals surface area contributed by atoms with Gasteiger partial charge in [0.15, 0.2) is 0 Å². The van der Waals surface area contributed by atoms with E-state index in [0.717, 1.165) is 34.7 Å². The molecule has 0 bridgehead atoms. The summed E-state index contributed by atoms with van der Waals surface area (Å²) in [6.45, 7) is 4.51. The first-order valence-electron chi connectivity index (χ1n) is 9.12. The van der Waals surface area contributed by atoms with Gasteiger partial charge in [0.05, 0.1) is 0 Å². The molecule has 0 spiro atoms. The standard InChI is InChI=1S/C21H23ClN4/c1-13-11-17(12-14(2)24-13)21-19(15-7-9-23-10-8-15)20(25-26-21)16-3-5-18(22)6-4-16/h3-10,13-14,17,24H,11-12H2,1-2H3,(H,25,26). The van der Waals surface area contributed by atoms with Crippen LogP contribution in [0, 0.1) is 0 Å². The summed E-state index contributed by atoms with van der Waals surface area (Å²) >= 11 is 6.07. The first-order chi connectivity index (χ1) is 12.6. The van der Waals surface area contributed by atoms with Gasteiger partial charge in [-0.15, -0.1) is 0 Å². The van der Waals surface area contributed by atoms with Gasteiger partial charge in [-0.25, -0.2) is 0 Å². The second kappa shape index (κ2) is 7.22. The molecule has 3 aromatic rings. The van der Waals surface area contributed by atoms with E-state index in [0.29, 0.717) is 18.0 Å². The van der Waals surface area contributed by atoms with Crippen molar-refractivity contribution in [1.82, 2.24) is 20.5 Å². The minimum atomic E-state index is 0.456. The quantitative estimate of drug-likeness (QED) is 0.683. The fourth-order valence-corrected chi connectivity index (χ4v) is 4.21. The summed E-state index contributed by atoms with van der Waals surface area (Å²) in [5, 5.41) is 12.4. The van der Waals surface area contributed by atoms with Crippen LogP contribution in [0.2, 0.25) is 5.02 Å². The number of aromatic amines is 1. The molecule has 1 aliphatic rings. The van der Waals surface area contributed by atoms with Gasteiger partial charge in [0.1, 0.15) is 5.69 Å². The molecule has 4 nitrogen and oxygen atoms in total. The number of nitrogens with one attached hydrogen (secondary N) is 2. The van der Waals surface area contributed by atoms with Crippen LogP contribution in [-0.4, -0.2) is 27.3 Å². The number of aromatic nitrogens is 3. The van der Waals surface area contributed by atoms with Crippen molar-refractivity contribution in [2.45, 2.75) is 44.7 Å². The van der Waals surface area contributed by atoms with E-state index < -0.39 is 0 Å². The number of hydrogen-bond donors (Lipinski definition) is 2. The summed E-state index contributed by atoms with van der Waals surface area (Å²) in [7, 11) is 0. The SMILES string of the molecule is CC1CC(c2[nH]nc(-c3ccc(Cl)cc3)c2-c2ccncc2)CC(C)N1. The Kier molecular flexibility index (Phi) is 4.79. The van der Waals surface area contributed by atoms with Crippen LogP contribution in [0.3, 0.4) is 0 Å². The van der Waals surface area contributed by atoms with Crippen molar-refractivity contribution in [3.05, 3.63) is 59.5 Å². The van der Waals surface area contributed by atoms with Crippen LogP contribution in [0.4, 0.5) is 0 Å². The van der Waals surface area contributed by atoms with Crippen LogP contribution in [0.5, 0.6) is 0 Å². The Bertz CT molecular complexity index is 863. The smallest absolute Gasteiger partial charge is 0.100 e. The van der Waals surface area contributed by atoms with Crippen molar-refractivity contribution in [3.63, 3.8) is 0 Å². The molecule has 2 aromatic heterocycles. The van der Waals surface area contributed by atoms with Gasteiger partial charge in [0.25, 0.3) is 0 Å². The van der Waals surface area contributed by atoms with Crippen molar-refractivity contribution in [3.8, 4) is 22.4 Å². The number of rotatable bonds is 3. The number of pyridine rings is 1. The number of halogens is 1. The van der Waals surface area contributed by atoms with E-state index in [1.165, 1.54) is 11.3 Å². The molecule has 134 valence electrons. The average molecular weight is 367 g/mol. The molecule has 1 aliphatic heterocycles. The highest BCUT2D eigenvalue weighted by Gasteiger charge is 2.29. The van der Waals surface area contributed by atoms with Gasteiger partial charge >= 0.3 is 0 Å². The van der Waals surface area contributed by atoms with E-state index in [2.05, 4.69) is 41.4 Å². The molecule has 0 amide bonds. The molecule has 0 saturated carbocycles. The molecule has 2 N–H and O–H groups in total. The van der Waals surface area contributed by atoms with Gasteiger partial charge in [-0.2, -0.15) is 5.10 Å². The van der Waals surface area contributed by atoms with Crippen LogP contribution in [0.15, 0.2) is 48.8 Å². The van der Waals surface area contributed by atoms with E-state index in [9.17, 15) is 0 Å². The Morgan fingerprint density at radius 2 is 1.58 bits per heavy atom. The second-order valence-electron chi connectivity index (χ2n) is 7.24. The van der Waals surface area contributed by atoms with Gasteiger partial charge in [0, 0.05) is 52.2 Å². The Balaban J connectivity index is 1.83. The zero-order chi connectivity index (χ0) is 18.1. The normalized spacial score (nSPS) is 23.1. The van der Waals surface area contributed by atoms with E-state index in [4.69, 9.17) is 16.7 Å². The Morgan fingerprint density at radius 1 is 0.923 bits per heavy atom. The van der Waals surface area contributed by atoms with Gasteiger partial charge < -0.3 is 5.32 Å². The van der Waals surface area contributed by atoms with Crippen molar-refractivity contribution in [1.29, 1.82) is 0 Å². The fraction of sp³-hybridized carbons (Fsp3) is 0.333. The maximum atomic E-state index is 6.07. The zero-order valence-electron chi connectivity index (χ0n) is 15.0. The van der Waals surface area contributed by atoms with E-state index >= 15 is 0 Å². The lowest BCUT2D eigenvalue weighted by atomic mass is 9.83. The number of H-pyrrole nitrogens is 1. The predicted octanol–water partition coefficient (Wildman–Crippen LogP) is 5.04. The van der Waals surface area contributed by atoms with Crippen LogP contribution >= 0.6 is 11.6 Å². The molecule has 5 heteroatoms. The first-order valence-corrected chi connectivity index (χ1v) is 9.50. The topological polar surface area (TPSA) is 53.6 Å². The molecule has 2 unspecified atom stereocenters. The highest BCUT2D eigenvalue weighted by Crippen LogP contribution is 2.40. The Labute approximate surface area is 159 Å². The molecular formula is C21H23ClN4. The average Bonchev–Trinajstić information content (AvgIpc) is 3.07. The lowest BCUT2D eigenvalue weighted by Crippen LogP contribution is -2.41. The molecular weight excluding hydrogens is 344 g/mol. The highest BCUT2D eigenvalue weighted by molar-refractivity contribution is 6.30. The van der Waals surface area contributed by atoms with Gasteiger partial charge in [-0.3, -0.25) is 10.1 Å². The summed E-state index contributed by atoms with van der Waals surface area (Å²) in [6, 6.07) is 13.0. The minimum absolute atomic E-state index is 0.456. The maximum absolute atomic E-state index is 6.07. The van der Waals surface area contributed by atoms with Crippen molar-refractivity contribution >= 4 is 11.6 Å². The monoisotopic (exact) mass is 366 g/mol. The predicted molar refractivity (Wildman–Crippen MR) is 106 cm³/mol. The molecule has 0 radical (unpaired) electrons. The van der Waals surface area contributed by atoms with E-state index in [1.54, 1.807) is 0 Å². The van der Waals surface area contributed by atoms with Crippen LogP contribution in [0.25, 0.3) is 22.4 Å². The minimum Gasteiger partial charge on any atom is -0.312 e. The molecule has 1 fully saturated rings. The molecule has 4 rings (SSSR count). The van der Waals surface area contributed by atoms with Gasteiger partial charge in [-0.05, 0) is 56.5 Å². The summed E-state index contributed by atoms with van der Waals surface area (Å²) < 4.78 is 0. The summed E-state index contributed by atoms with van der Waals surface area (Å²) in [5.41, 5.74) is 5.59. The second-order valence-corrected chi connectivity index (χ2v) is 7.68. The third-order valence-corrected chi connectivity index (χ3v) is 5.39. The summed E-state index contributed by atoms with van der Waals surface area (Å²) in [4.78, 5) is 4.18. The molecule has 0 aliphatic carbocycles. The number of nitrogens with zero attached hydrogens (tertiary/aromatic N) is 2. The molecule has 1 aromatic carbocycles. The van der Waals surface area contributed by atoms with Crippen molar-refractivity contribution in [2.75, 3.05) is 0 Å². The lowest BCUT2D eigenvalue weighted by molar-refractivity contribution is 0.314. The lowest BCUT2D eigenvalue weighted by Gasteiger charge is -2.33. The first kappa shape index (κ1) is 17.3. The van der Waals surface area contributed by atoms with Crippen LogP contribution in [0.1, 0.15) is 38.3 Å². The van der Waals surface area contributed by atoms with E-state index in [-0.39, 0.29) is 0 Å². The molecule has 2 atom stereocenters. The van der Waals surface area contributed by atoms with Gasteiger partial charge in [-0.1, -0.05) is 23.7 Å². The maximum Gasteiger partial charge on any atom is 0.100 e. The largest absolute Gasteiger partial charge is 0.312 e.